The summed E-state index contributed by atoms with van der Waals surface area (Å²) in [5.74, 6) is 0. The van der Waals surface area contributed by atoms with E-state index in [0.29, 0.717) is 11.6 Å². The van der Waals surface area contributed by atoms with Crippen LogP contribution >= 0.6 is 0 Å². The summed E-state index contributed by atoms with van der Waals surface area (Å²) in [6, 6.07) is 0.633. The van der Waals surface area contributed by atoms with Gasteiger partial charge in [0.25, 0.3) is 0 Å². The van der Waals surface area contributed by atoms with Gasteiger partial charge in [-0.25, -0.2) is 0 Å². The number of likely N-dealkylation sites (N-methyl/N-ethyl adjacent to an activating group) is 1. The second kappa shape index (κ2) is 3.11. The SMILES string of the molecule is CCN(C(C)C)C1(C)COC1. The van der Waals surface area contributed by atoms with Crippen molar-refractivity contribution in [1.29, 1.82) is 0 Å². The lowest BCUT2D eigenvalue weighted by molar-refractivity contribution is -0.138. The van der Waals surface area contributed by atoms with Crippen molar-refractivity contribution in [3.05, 3.63) is 0 Å². The van der Waals surface area contributed by atoms with E-state index >= 15 is 0 Å². The van der Waals surface area contributed by atoms with Crippen LogP contribution in [0, 0.1) is 0 Å². The first kappa shape index (κ1) is 9.01. The molecular weight excluding hydrogens is 138 g/mol. The monoisotopic (exact) mass is 157 g/mol. The van der Waals surface area contributed by atoms with Gasteiger partial charge in [-0.15, -0.1) is 0 Å². The zero-order chi connectivity index (χ0) is 8.48. The molecule has 1 fully saturated rings. The standard InChI is InChI=1S/C9H19NO/c1-5-10(8(2)3)9(4)6-11-7-9/h8H,5-7H2,1-4H3. The van der Waals surface area contributed by atoms with E-state index in [1.54, 1.807) is 0 Å². The third-order valence-electron chi connectivity index (χ3n) is 2.48. The topological polar surface area (TPSA) is 12.5 Å². The lowest BCUT2D eigenvalue weighted by atomic mass is 9.96. The summed E-state index contributed by atoms with van der Waals surface area (Å²) in [4.78, 5) is 2.50. The number of hydrogen-bond acceptors (Lipinski definition) is 2. The van der Waals surface area contributed by atoms with E-state index in [2.05, 4.69) is 32.6 Å². The average molecular weight is 157 g/mol. The first-order chi connectivity index (χ1) is 5.10. The van der Waals surface area contributed by atoms with Gasteiger partial charge in [0, 0.05) is 6.04 Å². The highest BCUT2D eigenvalue weighted by Gasteiger charge is 2.39. The molecule has 0 aromatic rings. The van der Waals surface area contributed by atoms with Crippen LogP contribution in [0.15, 0.2) is 0 Å². The zero-order valence-corrected chi connectivity index (χ0v) is 8.05. The fraction of sp³-hybridized carbons (Fsp3) is 1.00. The minimum atomic E-state index is 0.322. The summed E-state index contributed by atoms with van der Waals surface area (Å²) in [7, 11) is 0. The average Bonchev–Trinajstić information content (AvgIpc) is 1.85. The number of nitrogens with zero attached hydrogens (tertiary/aromatic N) is 1. The van der Waals surface area contributed by atoms with Crippen LogP contribution in [0.4, 0.5) is 0 Å². The van der Waals surface area contributed by atoms with Crippen LogP contribution in [0.3, 0.4) is 0 Å². The van der Waals surface area contributed by atoms with Crippen LogP contribution in [0.25, 0.3) is 0 Å². The van der Waals surface area contributed by atoms with Gasteiger partial charge in [-0.1, -0.05) is 6.92 Å². The predicted molar refractivity (Wildman–Crippen MR) is 46.7 cm³/mol. The Bertz CT molecular complexity index is 130. The largest absolute Gasteiger partial charge is 0.377 e. The molecule has 66 valence electrons. The third kappa shape index (κ3) is 1.57. The first-order valence-corrected chi connectivity index (χ1v) is 4.44. The van der Waals surface area contributed by atoms with Crippen LogP contribution < -0.4 is 0 Å². The molecular formula is C9H19NO. The lowest BCUT2D eigenvalue weighted by Gasteiger charge is -2.49. The van der Waals surface area contributed by atoms with Crippen molar-refractivity contribution in [2.24, 2.45) is 0 Å². The molecule has 0 aromatic heterocycles. The Morgan fingerprint density at radius 2 is 2.00 bits per heavy atom. The van der Waals surface area contributed by atoms with Crippen molar-refractivity contribution < 1.29 is 4.74 Å². The van der Waals surface area contributed by atoms with E-state index in [1.165, 1.54) is 0 Å². The van der Waals surface area contributed by atoms with Gasteiger partial charge >= 0.3 is 0 Å². The fourth-order valence-electron chi connectivity index (χ4n) is 1.93. The smallest absolute Gasteiger partial charge is 0.0671 e. The summed E-state index contributed by atoms with van der Waals surface area (Å²) in [5, 5.41) is 0. The Labute approximate surface area is 69.5 Å². The molecule has 0 saturated carbocycles. The molecule has 11 heavy (non-hydrogen) atoms. The molecule has 0 radical (unpaired) electrons. The Kier molecular flexibility index (Phi) is 2.55. The van der Waals surface area contributed by atoms with E-state index in [-0.39, 0.29) is 0 Å². The molecule has 0 spiro atoms. The molecule has 1 rings (SSSR count). The van der Waals surface area contributed by atoms with Crippen LogP contribution in [0.5, 0.6) is 0 Å². The molecule has 1 saturated heterocycles. The molecule has 0 atom stereocenters. The van der Waals surface area contributed by atoms with Crippen molar-refractivity contribution in [1.82, 2.24) is 4.90 Å². The van der Waals surface area contributed by atoms with Crippen molar-refractivity contribution in [2.75, 3.05) is 19.8 Å². The number of rotatable bonds is 3. The van der Waals surface area contributed by atoms with E-state index in [1.807, 2.05) is 0 Å². The van der Waals surface area contributed by atoms with Gasteiger partial charge in [0.1, 0.15) is 0 Å². The van der Waals surface area contributed by atoms with E-state index in [9.17, 15) is 0 Å². The Balaban J connectivity index is 2.53. The highest BCUT2D eigenvalue weighted by Crippen LogP contribution is 2.25. The Hall–Kier alpha value is -0.0800. The summed E-state index contributed by atoms with van der Waals surface area (Å²) < 4.78 is 5.23. The van der Waals surface area contributed by atoms with Gasteiger partial charge < -0.3 is 4.74 Å². The minimum Gasteiger partial charge on any atom is -0.377 e. The summed E-state index contributed by atoms with van der Waals surface area (Å²) in [5.41, 5.74) is 0.322. The molecule has 0 amide bonds. The molecule has 1 aliphatic heterocycles. The van der Waals surface area contributed by atoms with Crippen molar-refractivity contribution in [3.63, 3.8) is 0 Å². The second-order valence-corrected chi connectivity index (χ2v) is 3.87. The number of ether oxygens (including phenoxy) is 1. The van der Waals surface area contributed by atoms with Crippen LogP contribution in [0.2, 0.25) is 0 Å². The summed E-state index contributed by atoms with van der Waals surface area (Å²) >= 11 is 0. The molecule has 0 aliphatic carbocycles. The zero-order valence-electron chi connectivity index (χ0n) is 8.05. The second-order valence-electron chi connectivity index (χ2n) is 3.87. The molecule has 2 heteroatoms. The van der Waals surface area contributed by atoms with Gasteiger partial charge in [-0.2, -0.15) is 0 Å². The molecule has 1 heterocycles. The van der Waals surface area contributed by atoms with Gasteiger partial charge in [0.2, 0.25) is 0 Å². The quantitative estimate of drug-likeness (QED) is 0.615. The van der Waals surface area contributed by atoms with Crippen LogP contribution in [-0.2, 0) is 4.74 Å². The van der Waals surface area contributed by atoms with Crippen LogP contribution in [-0.4, -0.2) is 36.2 Å². The predicted octanol–water partition coefficient (Wildman–Crippen LogP) is 1.51. The highest BCUT2D eigenvalue weighted by atomic mass is 16.5. The Morgan fingerprint density at radius 3 is 2.09 bits per heavy atom. The minimum absolute atomic E-state index is 0.322. The molecule has 0 N–H and O–H groups in total. The van der Waals surface area contributed by atoms with Crippen molar-refractivity contribution in [2.45, 2.75) is 39.3 Å². The molecule has 2 nitrogen and oxygen atoms in total. The van der Waals surface area contributed by atoms with Gasteiger partial charge in [0.15, 0.2) is 0 Å². The lowest BCUT2D eigenvalue weighted by Crippen LogP contribution is -2.62. The maximum atomic E-state index is 5.23. The Morgan fingerprint density at radius 1 is 1.45 bits per heavy atom. The molecule has 0 aromatic carbocycles. The molecule has 0 unspecified atom stereocenters. The van der Waals surface area contributed by atoms with E-state index in [4.69, 9.17) is 4.74 Å². The third-order valence-corrected chi connectivity index (χ3v) is 2.48. The fourth-order valence-corrected chi connectivity index (χ4v) is 1.93. The maximum absolute atomic E-state index is 5.23. The molecule has 1 aliphatic rings. The van der Waals surface area contributed by atoms with Crippen molar-refractivity contribution in [3.8, 4) is 0 Å². The van der Waals surface area contributed by atoms with Crippen molar-refractivity contribution >= 4 is 0 Å². The molecule has 0 bridgehead atoms. The first-order valence-electron chi connectivity index (χ1n) is 4.44. The van der Waals surface area contributed by atoms with E-state index < -0.39 is 0 Å². The van der Waals surface area contributed by atoms with Gasteiger partial charge in [-0.3, -0.25) is 4.90 Å². The van der Waals surface area contributed by atoms with Crippen LogP contribution in [0.1, 0.15) is 27.7 Å². The highest BCUT2D eigenvalue weighted by molar-refractivity contribution is 4.93. The van der Waals surface area contributed by atoms with Gasteiger partial charge in [0.05, 0.1) is 18.8 Å². The number of hydrogen-bond donors (Lipinski definition) is 0. The summed E-state index contributed by atoms with van der Waals surface area (Å²) in [6.07, 6.45) is 0. The maximum Gasteiger partial charge on any atom is 0.0671 e. The van der Waals surface area contributed by atoms with Gasteiger partial charge in [-0.05, 0) is 27.3 Å². The summed E-state index contributed by atoms with van der Waals surface area (Å²) in [6.45, 7) is 11.9. The normalized spacial score (nSPS) is 22.4. The van der Waals surface area contributed by atoms with E-state index in [0.717, 1.165) is 19.8 Å².